The Bertz CT molecular complexity index is 700. The third-order valence-electron chi connectivity index (χ3n) is 4.24. The molecule has 8 nitrogen and oxygen atoms in total. The first-order valence-electron chi connectivity index (χ1n) is 7.82. The van der Waals surface area contributed by atoms with Crippen LogP contribution in [-0.4, -0.2) is 30.5 Å². The topological polar surface area (TPSA) is 98.8 Å². The summed E-state index contributed by atoms with van der Waals surface area (Å²) in [4.78, 5) is 23.5. The molecule has 2 aromatic heterocycles. The average Bonchev–Trinajstić information content (AvgIpc) is 3.00. The van der Waals surface area contributed by atoms with Crippen molar-refractivity contribution in [2.24, 2.45) is 5.92 Å². The molecule has 0 aromatic carbocycles. The quantitative estimate of drug-likeness (QED) is 0.688. The fourth-order valence-electron chi connectivity index (χ4n) is 3.14. The Morgan fingerprint density at radius 3 is 2.87 bits per heavy atom. The number of hydrogen-bond acceptors (Lipinski definition) is 6. The molecule has 1 fully saturated rings. The van der Waals surface area contributed by atoms with E-state index in [9.17, 15) is 10.1 Å². The zero-order valence-electron chi connectivity index (χ0n) is 13.3. The van der Waals surface area contributed by atoms with Crippen molar-refractivity contribution in [3.8, 4) is 5.82 Å². The van der Waals surface area contributed by atoms with Crippen LogP contribution in [0, 0.1) is 23.0 Å². The van der Waals surface area contributed by atoms with Crippen LogP contribution in [0.3, 0.4) is 0 Å². The highest BCUT2D eigenvalue weighted by Gasteiger charge is 2.25. The lowest BCUT2D eigenvalue weighted by Gasteiger charge is -2.27. The van der Waals surface area contributed by atoms with Crippen molar-refractivity contribution in [3.05, 3.63) is 34.5 Å². The molecule has 0 bridgehead atoms. The number of imidazole rings is 1. The highest BCUT2D eigenvalue weighted by atomic mass is 16.6. The fraction of sp³-hybridized carbons (Fsp3) is 0.533. The van der Waals surface area contributed by atoms with Crippen LogP contribution in [-0.2, 0) is 0 Å². The second kappa shape index (κ2) is 6.31. The largest absolute Gasteiger partial charge is 0.351 e. The van der Waals surface area contributed by atoms with Gasteiger partial charge in [-0.2, -0.15) is 4.98 Å². The maximum Gasteiger partial charge on any atom is 0.333 e. The van der Waals surface area contributed by atoms with Crippen molar-refractivity contribution in [2.45, 2.75) is 45.6 Å². The normalized spacial score (nSPS) is 21.1. The number of aryl methyl sites for hydroxylation is 1. The van der Waals surface area contributed by atoms with Gasteiger partial charge >= 0.3 is 5.69 Å². The van der Waals surface area contributed by atoms with Crippen molar-refractivity contribution < 1.29 is 4.92 Å². The molecule has 8 heteroatoms. The monoisotopic (exact) mass is 316 g/mol. The minimum atomic E-state index is -0.447. The minimum absolute atomic E-state index is 0.0921. The van der Waals surface area contributed by atoms with E-state index in [1.165, 1.54) is 19.2 Å². The predicted octanol–water partition coefficient (Wildman–Crippen LogP) is 2.87. The Kier molecular flexibility index (Phi) is 4.22. The molecule has 0 saturated heterocycles. The number of nitro groups is 1. The van der Waals surface area contributed by atoms with Crippen LogP contribution in [0.2, 0.25) is 0 Å². The Labute approximate surface area is 134 Å². The number of hydrogen-bond donors (Lipinski definition) is 1. The first-order valence-corrected chi connectivity index (χ1v) is 7.82. The van der Waals surface area contributed by atoms with Crippen LogP contribution in [0.15, 0.2) is 18.7 Å². The summed E-state index contributed by atoms with van der Waals surface area (Å²) in [5.41, 5.74) is 0.255. The lowest BCUT2D eigenvalue weighted by molar-refractivity contribution is -0.385. The van der Waals surface area contributed by atoms with E-state index < -0.39 is 4.92 Å². The van der Waals surface area contributed by atoms with E-state index in [-0.39, 0.29) is 11.5 Å². The fourth-order valence-corrected chi connectivity index (χ4v) is 3.14. The number of nitrogens with zero attached hydrogens (tertiary/aromatic N) is 5. The molecule has 1 N–H and O–H groups in total. The number of anilines is 1. The number of aromatic nitrogens is 4. The Balaban J connectivity index is 1.94. The van der Waals surface area contributed by atoms with Crippen molar-refractivity contribution in [3.63, 3.8) is 0 Å². The van der Waals surface area contributed by atoms with Crippen LogP contribution < -0.4 is 5.32 Å². The third-order valence-corrected chi connectivity index (χ3v) is 4.24. The Morgan fingerprint density at radius 1 is 1.39 bits per heavy atom. The second-order valence-electron chi connectivity index (χ2n) is 6.14. The summed E-state index contributed by atoms with van der Waals surface area (Å²) in [6, 6.07) is 0.315. The van der Waals surface area contributed by atoms with Gasteiger partial charge in [0.1, 0.15) is 12.0 Å². The molecule has 0 amide bonds. The van der Waals surface area contributed by atoms with Crippen LogP contribution >= 0.6 is 0 Å². The molecule has 122 valence electrons. The molecule has 1 aliphatic carbocycles. The van der Waals surface area contributed by atoms with Gasteiger partial charge in [-0.25, -0.2) is 9.97 Å². The smallest absolute Gasteiger partial charge is 0.333 e. The standard InChI is InChI=1S/C15H20N6O2/c1-10-4-3-5-12(8-10)18-15-17-11(2)13(21(22)23)14(19-15)20-7-6-16-9-20/h6-7,9-10,12H,3-5,8H2,1-2H3,(H,17,18,19)/t10-,12+/m0/s1. The Hall–Kier alpha value is -2.51. The van der Waals surface area contributed by atoms with Gasteiger partial charge in [0.2, 0.25) is 11.8 Å². The molecule has 23 heavy (non-hydrogen) atoms. The third kappa shape index (κ3) is 3.30. The first-order chi connectivity index (χ1) is 11.0. The van der Waals surface area contributed by atoms with E-state index in [4.69, 9.17) is 0 Å². The molecule has 2 aromatic rings. The van der Waals surface area contributed by atoms with Gasteiger partial charge in [-0.15, -0.1) is 0 Å². The van der Waals surface area contributed by atoms with Crippen molar-refractivity contribution >= 4 is 11.6 Å². The molecule has 2 atom stereocenters. The highest BCUT2D eigenvalue weighted by molar-refractivity contribution is 5.53. The van der Waals surface area contributed by atoms with Crippen molar-refractivity contribution in [1.82, 2.24) is 19.5 Å². The van der Waals surface area contributed by atoms with Crippen LogP contribution in [0.4, 0.5) is 11.6 Å². The van der Waals surface area contributed by atoms with Crippen molar-refractivity contribution in [1.29, 1.82) is 0 Å². The molecule has 0 radical (unpaired) electrons. The average molecular weight is 316 g/mol. The molecule has 0 unspecified atom stereocenters. The van der Waals surface area contributed by atoms with Crippen LogP contribution in [0.1, 0.15) is 38.3 Å². The molecule has 1 saturated carbocycles. The molecule has 0 spiro atoms. The lowest BCUT2D eigenvalue weighted by atomic mass is 9.87. The maximum atomic E-state index is 11.4. The molecule has 3 rings (SSSR count). The van der Waals surface area contributed by atoms with E-state index in [1.54, 1.807) is 23.9 Å². The van der Waals surface area contributed by atoms with E-state index in [0.717, 1.165) is 12.8 Å². The zero-order valence-corrected chi connectivity index (χ0v) is 13.3. The van der Waals surface area contributed by atoms with Crippen molar-refractivity contribution in [2.75, 3.05) is 5.32 Å². The second-order valence-corrected chi connectivity index (χ2v) is 6.14. The summed E-state index contributed by atoms with van der Waals surface area (Å²) in [7, 11) is 0. The van der Waals surface area contributed by atoms with E-state index >= 15 is 0 Å². The summed E-state index contributed by atoms with van der Waals surface area (Å²) < 4.78 is 1.54. The zero-order chi connectivity index (χ0) is 16.4. The van der Waals surface area contributed by atoms with E-state index in [1.807, 2.05) is 0 Å². The van der Waals surface area contributed by atoms with Gasteiger partial charge in [0.15, 0.2) is 0 Å². The van der Waals surface area contributed by atoms with Gasteiger partial charge in [-0.05, 0) is 25.7 Å². The lowest BCUT2D eigenvalue weighted by Crippen LogP contribution is -2.27. The summed E-state index contributed by atoms with van der Waals surface area (Å²) in [6.07, 6.45) is 9.28. The van der Waals surface area contributed by atoms with Gasteiger partial charge < -0.3 is 5.32 Å². The Morgan fingerprint density at radius 2 is 2.22 bits per heavy atom. The van der Waals surface area contributed by atoms with Gasteiger partial charge in [-0.3, -0.25) is 14.7 Å². The molecular weight excluding hydrogens is 296 g/mol. The SMILES string of the molecule is Cc1nc(N[C@@H]2CCC[C@H](C)C2)nc(-n2ccnc2)c1[N+](=O)[O-]. The highest BCUT2D eigenvalue weighted by Crippen LogP contribution is 2.28. The van der Waals surface area contributed by atoms with Gasteiger partial charge in [-0.1, -0.05) is 19.8 Å². The van der Waals surface area contributed by atoms with Crippen LogP contribution in [0.5, 0.6) is 0 Å². The van der Waals surface area contributed by atoms with Gasteiger partial charge in [0, 0.05) is 18.4 Å². The molecular formula is C15H20N6O2. The predicted molar refractivity (Wildman–Crippen MR) is 85.6 cm³/mol. The van der Waals surface area contributed by atoms with Gasteiger partial charge in [0.25, 0.3) is 0 Å². The molecule has 2 heterocycles. The van der Waals surface area contributed by atoms with Crippen LogP contribution in [0.25, 0.3) is 5.82 Å². The molecule has 1 aliphatic rings. The van der Waals surface area contributed by atoms with E-state index in [0.29, 0.717) is 23.6 Å². The maximum absolute atomic E-state index is 11.4. The summed E-state index contributed by atoms with van der Waals surface area (Å²) in [5.74, 6) is 1.36. The van der Waals surface area contributed by atoms with E-state index in [2.05, 4.69) is 27.2 Å². The molecule has 0 aliphatic heterocycles. The number of nitrogens with one attached hydrogen (secondary N) is 1. The number of rotatable bonds is 4. The first kappa shape index (κ1) is 15.4. The summed E-state index contributed by atoms with van der Waals surface area (Å²) >= 11 is 0. The summed E-state index contributed by atoms with van der Waals surface area (Å²) in [6.45, 7) is 3.88. The van der Waals surface area contributed by atoms with Gasteiger partial charge in [0.05, 0.1) is 4.92 Å². The summed E-state index contributed by atoms with van der Waals surface area (Å²) in [5, 5.41) is 14.7. The minimum Gasteiger partial charge on any atom is -0.351 e.